The van der Waals surface area contributed by atoms with E-state index < -0.39 is 21.3 Å². The molecule has 2 aliphatic carbocycles. The zero-order valence-corrected chi connectivity index (χ0v) is 40.3. The Labute approximate surface area is 384 Å². The van der Waals surface area contributed by atoms with Gasteiger partial charge in [0.25, 0.3) is 0 Å². The molecule has 0 heterocycles. The van der Waals surface area contributed by atoms with Crippen LogP contribution < -0.4 is 0 Å². The van der Waals surface area contributed by atoms with Crippen molar-refractivity contribution in [3.05, 3.63) is 223 Å². The van der Waals surface area contributed by atoms with Crippen LogP contribution in [0.25, 0.3) is 54.9 Å². The molecule has 0 atom stereocenters. The van der Waals surface area contributed by atoms with Gasteiger partial charge >= 0.3 is 388 Å². The van der Waals surface area contributed by atoms with E-state index in [-0.39, 0.29) is 14.5 Å². The van der Waals surface area contributed by atoms with Gasteiger partial charge in [-0.15, -0.1) is 0 Å². The fourth-order valence-corrected chi connectivity index (χ4v) is 19.7. The predicted molar refractivity (Wildman–Crippen MR) is 265 cm³/mol. The molecule has 0 unspecified atom stereocenters. The first-order valence-corrected chi connectivity index (χ1v) is 26.4. The Balaban J connectivity index is 1.43. The van der Waals surface area contributed by atoms with Crippen molar-refractivity contribution in [1.82, 2.24) is 0 Å². The Morgan fingerprint density at radius 2 is 0.935 bits per heavy atom. The van der Waals surface area contributed by atoms with Crippen molar-refractivity contribution in [3.8, 4) is 33.4 Å². The van der Waals surface area contributed by atoms with Crippen LogP contribution in [-0.4, -0.2) is 3.21 Å². The van der Waals surface area contributed by atoms with Crippen LogP contribution in [0, 0.1) is 0 Å². The molecule has 8 aromatic rings. The molecule has 0 N–H and O–H groups in total. The zero-order valence-electron chi connectivity index (χ0n) is 36.3. The van der Waals surface area contributed by atoms with Crippen LogP contribution in [0.15, 0.2) is 179 Å². The third kappa shape index (κ3) is 7.35. The second-order valence-corrected chi connectivity index (χ2v) is 26.2. The van der Waals surface area contributed by atoms with E-state index in [9.17, 15) is 0 Å². The van der Waals surface area contributed by atoms with Gasteiger partial charge in [-0.25, -0.2) is 0 Å². The number of allylic oxidation sites excluding steroid dienone is 4. The number of rotatable bonds is 6. The van der Waals surface area contributed by atoms with Crippen LogP contribution >= 0.6 is 23.2 Å². The average molecular weight is 921 g/mol. The van der Waals surface area contributed by atoms with E-state index in [1.54, 1.807) is 3.28 Å². The van der Waals surface area contributed by atoms with Crippen LogP contribution in [0.2, 0.25) is 10.0 Å². The predicted octanol–water partition coefficient (Wildman–Crippen LogP) is 17.0. The maximum atomic E-state index is 7.24. The van der Waals surface area contributed by atoms with Crippen LogP contribution in [0.5, 0.6) is 0 Å². The third-order valence-electron chi connectivity index (χ3n) is 12.9. The maximum absolute atomic E-state index is 7.24. The summed E-state index contributed by atoms with van der Waals surface area (Å²) in [6.07, 6.45) is 8.07. The molecule has 0 amide bonds. The van der Waals surface area contributed by atoms with Gasteiger partial charge in [-0.05, 0) is 0 Å². The van der Waals surface area contributed by atoms with Gasteiger partial charge in [0.05, 0.1) is 0 Å². The Bertz CT molecular complexity index is 2980. The van der Waals surface area contributed by atoms with Crippen molar-refractivity contribution in [3.63, 3.8) is 0 Å². The van der Waals surface area contributed by atoms with E-state index in [0.717, 1.165) is 27.2 Å². The minimum atomic E-state index is -3.34. The summed E-state index contributed by atoms with van der Waals surface area (Å²) >= 11 is 11.2. The molecule has 0 aromatic heterocycles. The van der Waals surface area contributed by atoms with Crippen molar-refractivity contribution in [2.75, 3.05) is 0 Å². The summed E-state index contributed by atoms with van der Waals surface area (Å²) < 4.78 is 3.15. The minimum absolute atomic E-state index is 0.0918. The summed E-state index contributed by atoms with van der Waals surface area (Å²) in [6, 6.07) is 58.9. The number of hydrogen-bond donors (Lipinski definition) is 0. The third-order valence-corrected chi connectivity index (χ3v) is 21.6. The van der Waals surface area contributed by atoms with Gasteiger partial charge in [-0.3, -0.25) is 0 Å². The van der Waals surface area contributed by atoms with Crippen LogP contribution in [0.4, 0.5) is 0 Å². The first-order valence-electron chi connectivity index (χ1n) is 21.8. The molecule has 0 aliphatic heterocycles. The van der Waals surface area contributed by atoms with Gasteiger partial charge in [0.2, 0.25) is 0 Å². The monoisotopic (exact) mass is 918 g/mol. The summed E-state index contributed by atoms with van der Waals surface area (Å²) in [5.41, 5.74) is 15.8. The first-order chi connectivity index (χ1) is 29.8. The van der Waals surface area contributed by atoms with E-state index in [2.05, 4.69) is 217 Å². The summed E-state index contributed by atoms with van der Waals surface area (Å²) in [5, 5.41) is 6.24. The van der Waals surface area contributed by atoms with E-state index in [1.165, 1.54) is 80.7 Å². The second-order valence-electron chi connectivity index (χ2n) is 19.1. The van der Waals surface area contributed by atoms with Gasteiger partial charge in [0.1, 0.15) is 0 Å². The molecule has 0 fully saturated rings. The molecular weight excluding hydrogens is 871 g/mol. The van der Waals surface area contributed by atoms with Crippen LogP contribution in [-0.2, 0) is 32.1 Å². The van der Waals surface area contributed by atoms with Crippen LogP contribution in [0.1, 0.15) is 85.0 Å². The van der Waals surface area contributed by atoms with Gasteiger partial charge in [-0.2, -0.15) is 0 Å². The molecule has 304 valence electrons. The summed E-state index contributed by atoms with van der Waals surface area (Å²) in [4.78, 5) is 0. The Morgan fingerprint density at radius 3 is 1.35 bits per heavy atom. The van der Waals surface area contributed by atoms with Crippen molar-refractivity contribution >= 4 is 48.0 Å². The standard InChI is InChI=1S/C33H33.C21H12Cl2.C5H5.Zr/c1-32(2,3)30-20-26-24(18-28(30)22-13-9-7-10-14-22)17-25-19-29(23-15-11-8-12-16-23)31(21-27(25)26)33(4,5)6;22-18-10-14-5-1-3-7-20(14)16(12-18)9-17-13-19(23)11-15-6-2-4-8-21(15)17;1-2-4-5-3-1;/h7-21H,1-6H3;1-8,10-13H;1-3H,4H2;. The summed E-state index contributed by atoms with van der Waals surface area (Å²) in [7, 11) is 0. The molecular formula is C59H50Cl2Zr. The normalized spacial score (nSPS) is 13.7. The molecule has 0 saturated heterocycles. The topological polar surface area (TPSA) is 0 Å². The fraction of sp³-hybridized carbons (Fsp3) is 0.169. The number of halogens is 2. The molecule has 0 nitrogen and oxygen atoms in total. The van der Waals surface area contributed by atoms with E-state index in [1.807, 2.05) is 0 Å². The number of benzene rings is 8. The molecule has 0 spiro atoms. The quantitative estimate of drug-likeness (QED) is 0.156. The molecule has 10 rings (SSSR count). The number of hydrogen-bond acceptors (Lipinski definition) is 0. The molecule has 0 radical (unpaired) electrons. The van der Waals surface area contributed by atoms with Crippen LogP contribution in [0.3, 0.4) is 0 Å². The molecule has 0 bridgehead atoms. The number of fused-ring (bicyclic) bond motifs is 5. The van der Waals surface area contributed by atoms with Gasteiger partial charge in [-0.1, -0.05) is 0 Å². The molecule has 0 saturated carbocycles. The molecule has 3 heteroatoms. The Morgan fingerprint density at radius 1 is 0.500 bits per heavy atom. The second kappa shape index (κ2) is 16.0. The van der Waals surface area contributed by atoms with E-state index in [0.29, 0.717) is 0 Å². The zero-order chi connectivity index (χ0) is 42.9. The van der Waals surface area contributed by atoms with E-state index >= 15 is 0 Å². The van der Waals surface area contributed by atoms with Crippen molar-refractivity contribution in [2.24, 2.45) is 0 Å². The molecule has 8 aromatic carbocycles. The Hall–Kier alpha value is -4.91. The first kappa shape index (κ1) is 41.1. The van der Waals surface area contributed by atoms with Crippen molar-refractivity contribution in [1.29, 1.82) is 0 Å². The van der Waals surface area contributed by atoms with Gasteiger partial charge < -0.3 is 0 Å². The van der Waals surface area contributed by atoms with Crippen molar-refractivity contribution < 1.29 is 21.3 Å². The Kier molecular flexibility index (Phi) is 10.6. The fourth-order valence-electron chi connectivity index (χ4n) is 10.1. The summed E-state index contributed by atoms with van der Waals surface area (Å²) in [6.45, 7) is 14.2. The molecule has 2 aliphatic rings. The average Bonchev–Trinajstić information content (AvgIpc) is 3.90. The van der Waals surface area contributed by atoms with Gasteiger partial charge in [0, 0.05) is 0 Å². The molecule has 62 heavy (non-hydrogen) atoms. The SMILES string of the molecule is CC(C)(C)c1cc2c(cc1-c1ccccc1)[CH]([Zr]([C]1=CC=CC1)=[C](c1cc(Cl)cc3ccccc13)c1cc(Cl)cc3ccccc13)c1cc(-c3ccccc3)c(C(C)(C)C)cc1-2. The van der Waals surface area contributed by atoms with Crippen molar-refractivity contribution in [2.45, 2.75) is 62.4 Å². The summed E-state index contributed by atoms with van der Waals surface area (Å²) in [5.74, 6) is 0. The van der Waals surface area contributed by atoms with Gasteiger partial charge in [0.15, 0.2) is 0 Å². The van der Waals surface area contributed by atoms with E-state index in [4.69, 9.17) is 23.2 Å².